The Morgan fingerprint density at radius 3 is 2.58 bits per heavy atom. The fourth-order valence-corrected chi connectivity index (χ4v) is 2.43. The normalized spacial score (nSPS) is 22.0. The minimum Gasteiger partial charge on any atom is -0.493 e. The van der Waals surface area contributed by atoms with Gasteiger partial charge in [-0.1, -0.05) is 6.07 Å². The summed E-state index contributed by atoms with van der Waals surface area (Å²) in [6.07, 6.45) is 3.67. The maximum absolute atomic E-state index is 10.1. The molecule has 0 spiro atoms. The summed E-state index contributed by atoms with van der Waals surface area (Å²) in [5.74, 6) is 1.45. The van der Waals surface area contributed by atoms with Gasteiger partial charge in [0.05, 0.1) is 25.9 Å². The molecule has 0 bridgehead atoms. The van der Waals surface area contributed by atoms with Crippen molar-refractivity contribution in [3.63, 3.8) is 0 Å². The summed E-state index contributed by atoms with van der Waals surface area (Å²) in [6.45, 7) is 1.51. The monoisotopic (exact) mass is 264 g/mol. The molecule has 104 valence electrons. The number of hydrogen-bond donors (Lipinski definition) is 1. The first kappa shape index (κ1) is 12.8. The molecule has 0 unspecified atom stereocenters. The van der Waals surface area contributed by atoms with Crippen molar-refractivity contribution in [3.8, 4) is 11.5 Å². The largest absolute Gasteiger partial charge is 0.493 e. The van der Waals surface area contributed by atoms with E-state index >= 15 is 0 Å². The van der Waals surface area contributed by atoms with E-state index in [9.17, 15) is 5.11 Å². The van der Waals surface area contributed by atoms with Crippen LogP contribution in [-0.4, -0.2) is 31.5 Å². The van der Waals surface area contributed by atoms with E-state index in [2.05, 4.69) is 0 Å². The van der Waals surface area contributed by atoms with E-state index in [0.29, 0.717) is 5.75 Å². The second kappa shape index (κ2) is 5.02. The molecule has 2 aliphatic rings. The van der Waals surface area contributed by atoms with Crippen LogP contribution < -0.4 is 9.47 Å². The Morgan fingerprint density at radius 2 is 1.95 bits per heavy atom. The zero-order valence-corrected chi connectivity index (χ0v) is 11.2. The molecular weight excluding hydrogens is 244 g/mol. The van der Waals surface area contributed by atoms with Crippen LogP contribution in [0.2, 0.25) is 0 Å². The highest BCUT2D eigenvalue weighted by molar-refractivity contribution is 5.45. The van der Waals surface area contributed by atoms with Gasteiger partial charge in [0.2, 0.25) is 0 Å². The van der Waals surface area contributed by atoms with Crippen LogP contribution in [-0.2, 0) is 10.3 Å². The second-order valence-corrected chi connectivity index (χ2v) is 5.33. The van der Waals surface area contributed by atoms with Gasteiger partial charge in [0.15, 0.2) is 11.5 Å². The third-order valence-electron chi connectivity index (χ3n) is 3.89. The van der Waals surface area contributed by atoms with Crippen molar-refractivity contribution in [2.24, 2.45) is 0 Å². The Kier molecular flexibility index (Phi) is 3.37. The van der Waals surface area contributed by atoms with Crippen molar-refractivity contribution >= 4 is 0 Å². The predicted octanol–water partition coefficient (Wildman–Crippen LogP) is 2.23. The lowest BCUT2D eigenvalue weighted by Gasteiger charge is -2.24. The van der Waals surface area contributed by atoms with Gasteiger partial charge in [-0.05, 0) is 30.5 Å². The molecule has 1 aromatic carbocycles. The van der Waals surface area contributed by atoms with E-state index in [1.54, 1.807) is 7.11 Å². The highest BCUT2D eigenvalue weighted by Crippen LogP contribution is 2.47. The Bertz CT molecular complexity index is 447. The van der Waals surface area contributed by atoms with Crippen LogP contribution in [0.1, 0.15) is 31.2 Å². The van der Waals surface area contributed by atoms with E-state index in [0.717, 1.165) is 50.2 Å². The standard InChI is InChI=1S/C15H20O4/c1-17-14-10-11(15(16)6-7-15)2-3-13(14)19-12-4-8-18-9-5-12/h2-3,10,12,16H,4-9H2,1H3. The van der Waals surface area contributed by atoms with Gasteiger partial charge in [-0.3, -0.25) is 0 Å². The predicted molar refractivity (Wildman–Crippen MR) is 70.6 cm³/mol. The van der Waals surface area contributed by atoms with Crippen molar-refractivity contribution in [3.05, 3.63) is 23.8 Å². The second-order valence-electron chi connectivity index (χ2n) is 5.33. The molecule has 1 saturated heterocycles. The number of benzene rings is 1. The molecule has 2 fully saturated rings. The molecule has 19 heavy (non-hydrogen) atoms. The number of methoxy groups -OCH3 is 1. The smallest absolute Gasteiger partial charge is 0.161 e. The van der Waals surface area contributed by atoms with Gasteiger partial charge < -0.3 is 19.3 Å². The minimum absolute atomic E-state index is 0.192. The maximum Gasteiger partial charge on any atom is 0.161 e. The zero-order valence-electron chi connectivity index (χ0n) is 11.2. The van der Waals surface area contributed by atoms with Crippen LogP contribution in [0.25, 0.3) is 0 Å². The fraction of sp³-hybridized carbons (Fsp3) is 0.600. The molecular formula is C15H20O4. The summed E-state index contributed by atoms with van der Waals surface area (Å²) >= 11 is 0. The summed E-state index contributed by atoms with van der Waals surface area (Å²) in [5, 5.41) is 10.1. The van der Waals surface area contributed by atoms with Crippen LogP contribution in [0, 0.1) is 0 Å². The minimum atomic E-state index is -0.634. The van der Waals surface area contributed by atoms with E-state index < -0.39 is 5.60 Å². The van der Waals surface area contributed by atoms with E-state index in [1.807, 2.05) is 18.2 Å². The molecule has 0 aromatic heterocycles. The number of ether oxygens (including phenoxy) is 3. The first-order chi connectivity index (χ1) is 9.21. The molecule has 1 saturated carbocycles. The Morgan fingerprint density at radius 1 is 1.21 bits per heavy atom. The molecule has 1 heterocycles. The van der Waals surface area contributed by atoms with E-state index in [-0.39, 0.29) is 6.10 Å². The van der Waals surface area contributed by atoms with Crippen molar-refractivity contribution in [2.45, 2.75) is 37.4 Å². The quantitative estimate of drug-likeness (QED) is 0.906. The molecule has 1 aromatic rings. The average Bonchev–Trinajstić information content (AvgIpc) is 3.19. The number of aliphatic hydroxyl groups is 1. The highest BCUT2D eigenvalue weighted by Gasteiger charge is 2.42. The van der Waals surface area contributed by atoms with Crippen LogP contribution in [0.3, 0.4) is 0 Å². The zero-order chi connectivity index (χ0) is 13.3. The summed E-state index contributed by atoms with van der Waals surface area (Å²) in [7, 11) is 1.63. The van der Waals surface area contributed by atoms with Gasteiger partial charge in [0, 0.05) is 12.8 Å². The molecule has 4 nitrogen and oxygen atoms in total. The third-order valence-corrected chi connectivity index (χ3v) is 3.89. The van der Waals surface area contributed by atoms with Gasteiger partial charge in [0.1, 0.15) is 6.10 Å². The highest BCUT2D eigenvalue weighted by atomic mass is 16.5. The first-order valence-corrected chi connectivity index (χ1v) is 6.86. The van der Waals surface area contributed by atoms with Crippen LogP contribution >= 0.6 is 0 Å². The van der Waals surface area contributed by atoms with Gasteiger partial charge in [0.25, 0.3) is 0 Å². The number of hydrogen-bond acceptors (Lipinski definition) is 4. The van der Waals surface area contributed by atoms with Crippen LogP contribution in [0.4, 0.5) is 0 Å². The molecule has 1 N–H and O–H groups in total. The fourth-order valence-electron chi connectivity index (χ4n) is 2.43. The molecule has 0 amide bonds. The third kappa shape index (κ3) is 2.69. The van der Waals surface area contributed by atoms with E-state index in [4.69, 9.17) is 14.2 Å². The molecule has 4 heteroatoms. The van der Waals surface area contributed by atoms with Crippen molar-refractivity contribution in [2.75, 3.05) is 20.3 Å². The lowest BCUT2D eigenvalue weighted by molar-refractivity contribution is 0.0245. The SMILES string of the molecule is COc1cc(C2(O)CC2)ccc1OC1CCOCC1. The first-order valence-electron chi connectivity index (χ1n) is 6.86. The Balaban J connectivity index is 1.76. The molecule has 3 rings (SSSR count). The molecule has 1 aliphatic heterocycles. The summed E-state index contributed by atoms with van der Waals surface area (Å²) in [5.41, 5.74) is 0.286. The lowest BCUT2D eigenvalue weighted by Crippen LogP contribution is -2.26. The summed E-state index contributed by atoms with van der Waals surface area (Å²) in [4.78, 5) is 0. The van der Waals surface area contributed by atoms with Gasteiger partial charge in [-0.2, -0.15) is 0 Å². The van der Waals surface area contributed by atoms with Gasteiger partial charge in [-0.25, -0.2) is 0 Å². The van der Waals surface area contributed by atoms with Crippen molar-refractivity contribution < 1.29 is 19.3 Å². The Hall–Kier alpha value is -1.26. The van der Waals surface area contributed by atoms with Gasteiger partial charge in [-0.15, -0.1) is 0 Å². The topological polar surface area (TPSA) is 47.9 Å². The summed E-state index contributed by atoms with van der Waals surface area (Å²) in [6, 6.07) is 5.73. The molecule has 0 atom stereocenters. The Labute approximate surface area is 113 Å². The summed E-state index contributed by atoms with van der Waals surface area (Å²) < 4.78 is 16.7. The van der Waals surface area contributed by atoms with Crippen molar-refractivity contribution in [1.82, 2.24) is 0 Å². The molecule has 1 aliphatic carbocycles. The number of rotatable bonds is 4. The van der Waals surface area contributed by atoms with Gasteiger partial charge >= 0.3 is 0 Å². The van der Waals surface area contributed by atoms with Crippen LogP contribution in [0.15, 0.2) is 18.2 Å². The van der Waals surface area contributed by atoms with Crippen molar-refractivity contribution in [1.29, 1.82) is 0 Å². The maximum atomic E-state index is 10.1. The average molecular weight is 264 g/mol. The van der Waals surface area contributed by atoms with Crippen LogP contribution in [0.5, 0.6) is 11.5 Å². The molecule has 0 radical (unpaired) electrons. The lowest BCUT2D eigenvalue weighted by atomic mass is 10.1. The van der Waals surface area contributed by atoms with E-state index in [1.165, 1.54) is 0 Å².